The van der Waals surface area contributed by atoms with Gasteiger partial charge in [-0.3, -0.25) is 0 Å². The Morgan fingerprint density at radius 2 is 2.06 bits per heavy atom. The van der Waals surface area contributed by atoms with Crippen molar-refractivity contribution in [3.05, 3.63) is 11.6 Å². The molecule has 1 unspecified atom stereocenters. The number of allylic oxidation sites excluding steroid dienone is 1. The van der Waals surface area contributed by atoms with Crippen molar-refractivity contribution >= 4 is 0 Å². The van der Waals surface area contributed by atoms with E-state index in [1.807, 2.05) is 0 Å². The molecule has 0 aromatic heterocycles. The largest absolute Gasteiger partial charge is 0.314 e. The molecule has 1 nitrogen and oxygen atoms in total. The van der Waals surface area contributed by atoms with Crippen LogP contribution in [0, 0.1) is 5.41 Å². The third-order valence-corrected chi connectivity index (χ3v) is 4.84. The maximum atomic E-state index is 3.81. The van der Waals surface area contributed by atoms with Crippen molar-refractivity contribution in [1.82, 2.24) is 5.32 Å². The summed E-state index contributed by atoms with van der Waals surface area (Å²) in [6.45, 7) is 6.07. The first-order valence-electron chi connectivity index (χ1n) is 8.07. The Hall–Kier alpha value is -0.300. The molecule has 1 saturated carbocycles. The van der Waals surface area contributed by atoms with Crippen molar-refractivity contribution in [3.8, 4) is 0 Å². The summed E-state index contributed by atoms with van der Waals surface area (Å²) >= 11 is 0. The average Bonchev–Trinajstić information content (AvgIpc) is 2.52. The standard InChI is InChI=1S/C17H31N/c1-17(2)12-6-9-16(10-13-17)18-14-11-15-7-4-3-5-8-15/h7,16,18H,3-6,8-14H2,1-2H3. The van der Waals surface area contributed by atoms with Crippen LogP contribution in [0.2, 0.25) is 0 Å². The first kappa shape index (κ1) is 14.1. The fourth-order valence-corrected chi connectivity index (χ4v) is 3.43. The Balaban J connectivity index is 1.65. The second-order valence-corrected chi connectivity index (χ2v) is 7.10. The molecule has 0 bridgehead atoms. The number of hydrogen-bond acceptors (Lipinski definition) is 1. The van der Waals surface area contributed by atoms with Crippen LogP contribution < -0.4 is 5.32 Å². The van der Waals surface area contributed by atoms with Crippen LogP contribution in [0.4, 0.5) is 0 Å². The smallest absolute Gasteiger partial charge is 0.00673 e. The van der Waals surface area contributed by atoms with Gasteiger partial charge in [-0.2, -0.15) is 0 Å². The number of nitrogens with one attached hydrogen (secondary N) is 1. The van der Waals surface area contributed by atoms with Gasteiger partial charge in [0.05, 0.1) is 0 Å². The van der Waals surface area contributed by atoms with Gasteiger partial charge in [0.25, 0.3) is 0 Å². The molecule has 0 aromatic rings. The van der Waals surface area contributed by atoms with Crippen LogP contribution in [-0.4, -0.2) is 12.6 Å². The van der Waals surface area contributed by atoms with E-state index in [2.05, 4.69) is 25.2 Å². The van der Waals surface area contributed by atoms with E-state index in [4.69, 9.17) is 0 Å². The fraction of sp³-hybridized carbons (Fsp3) is 0.882. The number of rotatable bonds is 4. The summed E-state index contributed by atoms with van der Waals surface area (Å²) in [5.41, 5.74) is 2.30. The van der Waals surface area contributed by atoms with Crippen molar-refractivity contribution < 1.29 is 0 Å². The molecule has 18 heavy (non-hydrogen) atoms. The second kappa shape index (κ2) is 6.75. The van der Waals surface area contributed by atoms with Gasteiger partial charge in [-0.25, -0.2) is 0 Å². The van der Waals surface area contributed by atoms with Crippen LogP contribution in [-0.2, 0) is 0 Å². The van der Waals surface area contributed by atoms with Crippen LogP contribution in [0.1, 0.15) is 78.1 Å². The van der Waals surface area contributed by atoms with E-state index in [9.17, 15) is 0 Å². The van der Waals surface area contributed by atoms with Crippen molar-refractivity contribution in [1.29, 1.82) is 0 Å². The summed E-state index contributed by atoms with van der Waals surface area (Å²) in [6, 6.07) is 0.788. The summed E-state index contributed by atoms with van der Waals surface area (Å²) in [5, 5.41) is 3.81. The quantitative estimate of drug-likeness (QED) is 0.556. The lowest BCUT2D eigenvalue weighted by Gasteiger charge is -2.22. The fourth-order valence-electron chi connectivity index (χ4n) is 3.43. The molecule has 0 aliphatic heterocycles. The van der Waals surface area contributed by atoms with Crippen molar-refractivity contribution in [2.45, 2.75) is 84.1 Å². The van der Waals surface area contributed by atoms with Gasteiger partial charge in [-0.05, 0) is 69.7 Å². The molecule has 2 rings (SSSR count). The zero-order valence-corrected chi connectivity index (χ0v) is 12.4. The van der Waals surface area contributed by atoms with Crippen LogP contribution in [0.25, 0.3) is 0 Å². The molecule has 1 N–H and O–H groups in total. The highest BCUT2D eigenvalue weighted by Crippen LogP contribution is 2.33. The van der Waals surface area contributed by atoms with Gasteiger partial charge < -0.3 is 5.32 Å². The van der Waals surface area contributed by atoms with Gasteiger partial charge in [-0.1, -0.05) is 31.9 Å². The maximum absolute atomic E-state index is 3.81. The first-order chi connectivity index (χ1) is 8.66. The molecule has 0 heterocycles. The molecular weight excluding hydrogens is 218 g/mol. The van der Waals surface area contributed by atoms with E-state index in [-0.39, 0.29) is 0 Å². The van der Waals surface area contributed by atoms with E-state index >= 15 is 0 Å². The van der Waals surface area contributed by atoms with Gasteiger partial charge in [0.2, 0.25) is 0 Å². The average molecular weight is 249 g/mol. The lowest BCUT2D eigenvalue weighted by atomic mass is 9.85. The lowest BCUT2D eigenvalue weighted by molar-refractivity contribution is 0.310. The molecule has 1 atom stereocenters. The van der Waals surface area contributed by atoms with E-state index in [0.29, 0.717) is 5.41 Å². The van der Waals surface area contributed by atoms with Crippen molar-refractivity contribution in [2.75, 3.05) is 6.54 Å². The highest BCUT2D eigenvalue weighted by atomic mass is 14.9. The predicted molar refractivity (Wildman–Crippen MR) is 79.8 cm³/mol. The maximum Gasteiger partial charge on any atom is 0.00673 e. The summed E-state index contributed by atoms with van der Waals surface area (Å²) in [4.78, 5) is 0. The minimum atomic E-state index is 0.586. The molecule has 104 valence electrons. The molecule has 1 fully saturated rings. The van der Waals surface area contributed by atoms with Crippen LogP contribution >= 0.6 is 0 Å². The molecule has 0 radical (unpaired) electrons. The Labute approximate surface area is 113 Å². The second-order valence-electron chi connectivity index (χ2n) is 7.10. The van der Waals surface area contributed by atoms with Crippen LogP contribution in [0.3, 0.4) is 0 Å². The zero-order valence-electron chi connectivity index (χ0n) is 12.4. The van der Waals surface area contributed by atoms with E-state index in [0.717, 1.165) is 6.04 Å². The molecular formula is C17H31N. The zero-order chi connectivity index (χ0) is 12.8. The monoisotopic (exact) mass is 249 g/mol. The molecule has 0 saturated heterocycles. The third kappa shape index (κ3) is 4.76. The molecule has 0 amide bonds. The van der Waals surface area contributed by atoms with Gasteiger partial charge >= 0.3 is 0 Å². The Morgan fingerprint density at radius 1 is 1.17 bits per heavy atom. The summed E-state index contributed by atoms with van der Waals surface area (Å²) in [5.74, 6) is 0. The molecule has 0 aromatic carbocycles. The molecule has 2 aliphatic rings. The van der Waals surface area contributed by atoms with Crippen molar-refractivity contribution in [2.24, 2.45) is 5.41 Å². The minimum absolute atomic E-state index is 0.586. The van der Waals surface area contributed by atoms with E-state index < -0.39 is 0 Å². The van der Waals surface area contributed by atoms with Gasteiger partial charge in [0, 0.05) is 6.04 Å². The highest BCUT2D eigenvalue weighted by Gasteiger charge is 2.23. The normalized spacial score (nSPS) is 28.6. The van der Waals surface area contributed by atoms with Crippen LogP contribution in [0.5, 0.6) is 0 Å². The number of hydrogen-bond donors (Lipinski definition) is 1. The van der Waals surface area contributed by atoms with Crippen molar-refractivity contribution in [3.63, 3.8) is 0 Å². The van der Waals surface area contributed by atoms with Gasteiger partial charge in [-0.15, -0.1) is 0 Å². The summed E-state index contributed by atoms with van der Waals surface area (Å²) < 4.78 is 0. The minimum Gasteiger partial charge on any atom is -0.314 e. The summed E-state index contributed by atoms with van der Waals surface area (Å²) in [6.07, 6.45) is 16.3. The van der Waals surface area contributed by atoms with Crippen LogP contribution in [0.15, 0.2) is 11.6 Å². The predicted octanol–water partition coefficient (Wildman–Crippen LogP) is 4.83. The molecule has 0 spiro atoms. The SMILES string of the molecule is CC1(C)CCCC(NCCC2=CCCCC2)CC1. The Kier molecular flexibility index (Phi) is 5.29. The molecule has 1 heteroatoms. The highest BCUT2D eigenvalue weighted by molar-refractivity contribution is 5.05. The molecule has 2 aliphatic carbocycles. The third-order valence-electron chi connectivity index (χ3n) is 4.84. The Bertz CT molecular complexity index is 277. The Morgan fingerprint density at radius 3 is 2.83 bits per heavy atom. The van der Waals surface area contributed by atoms with Gasteiger partial charge in [0.1, 0.15) is 0 Å². The summed E-state index contributed by atoms with van der Waals surface area (Å²) in [7, 11) is 0. The van der Waals surface area contributed by atoms with E-state index in [1.165, 1.54) is 70.8 Å². The lowest BCUT2D eigenvalue weighted by Crippen LogP contribution is -2.30. The first-order valence-corrected chi connectivity index (χ1v) is 8.07. The topological polar surface area (TPSA) is 12.0 Å². The van der Waals surface area contributed by atoms with Gasteiger partial charge in [0.15, 0.2) is 0 Å². The van der Waals surface area contributed by atoms with E-state index in [1.54, 1.807) is 5.57 Å².